The molecule has 1 aromatic heterocycles. The van der Waals surface area contributed by atoms with Gasteiger partial charge in [-0.1, -0.05) is 0 Å². The van der Waals surface area contributed by atoms with Gasteiger partial charge >= 0.3 is 5.97 Å². The number of sulfonamides is 1. The Hall–Kier alpha value is 0.0400. The highest BCUT2D eigenvalue weighted by atomic mass is 79.9. The molecule has 1 aliphatic rings. The fourth-order valence-corrected chi connectivity index (χ4v) is 7.65. The Labute approximate surface area is 131 Å². The molecule has 5 nitrogen and oxygen atoms in total. The van der Waals surface area contributed by atoms with Gasteiger partial charge in [0.15, 0.2) is 0 Å². The standard InChI is InChI=1S/C10H11Br2NO4S2/c1-5-6(10(14)15)2-3-13(5)19(16,17)7-4-8(11)18-9(7)12/h4-6H,2-3H2,1H3,(H,14,15). The molecule has 0 amide bonds. The van der Waals surface area contributed by atoms with E-state index >= 15 is 0 Å². The van der Waals surface area contributed by atoms with Crippen molar-refractivity contribution in [2.45, 2.75) is 24.3 Å². The predicted octanol–water partition coefficient (Wildman–Crippen LogP) is 2.76. The summed E-state index contributed by atoms with van der Waals surface area (Å²) in [6.07, 6.45) is 0.346. The summed E-state index contributed by atoms with van der Waals surface area (Å²) in [5, 5.41) is 9.06. The molecule has 0 aliphatic carbocycles. The molecule has 19 heavy (non-hydrogen) atoms. The van der Waals surface area contributed by atoms with Gasteiger partial charge in [0, 0.05) is 12.6 Å². The molecule has 9 heteroatoms. The van der Waals surface area contributed by atoms with Crippen molar-refractivity contribution in [1.29, 1.82) is 0 Å². The second kappa shape index (κ2) is 5.44. The van der Waals surface area contributed by atoms with Gasteiger partial charge in [-0.15, -0.1) is 11.3 Å². The van der Waals surface area contributed by atoms with Crippen LogP contribution in [0.4, 0.5) is 0 Å². The Bertz CT molecular complexity index is 613. The van der Waals surface area contributed by atoms with E-state index in [1.54, 1.807) is 6.92 Å². The van der Waals surface area contributed by atoms with Crippen LogP contribution in [-0.2, 0) is 14.8 Å². The number of aliphatic carboxylic acids is 1. The Kier molecular flexibility index (Phi) is 4.41. The van der Waals surface area contributed by atoms with Crippen molar-refractivity contribution in [3.8, 4) is 0 Å². The van der Waals surface area contributed by atoms with Crippen LogP contribution in [-0.4, -0.2) is 36.4 Å². The van der Waals surface area contributed by atoms with Crippen LogP contribution in [0.3, 0.4) is 0 Å². The number of hydrogen-bond donors (Lipinski definition) is 1. The van der Waals surface area contributed by atoms with Crippen molar-refractivity contribution in [3.63, 3.8) is 0 Å². The first-order valence-electron chi connectivity index (χ1n) is 5.44. The number of carboxylic acids is 1. The molecule has 2 atom stereocenters. The second-order valence-electron chi connectivity index (χ2n) is 4.28. The van der Waals surface area contributed by atoms with E-state index in [4.69, 9.17) is 5.11 Å². The van der Waals surface area contributed by atoms with Crippen LogP contribution in [0, 0.1) is 5.92 Å². The van der Waals surface area contributed by atoms with Gasteiger partial charge in [0.05, 0.1) is 13.5 Å². The molecule has 1 N–H and O–H groups in total. The fourth-order valence-electron chi connectivity index (χ4n) is 2.21. The molecule has 0 radical (unpaired) electrons. The fraction of sp³-hybridized carbons (Fsp3) is 0.500. The summed E-state index contributed by atoms with van der Waals surface area (Å²) in [5.41, 5.74) is 0. The lowest BCUT2D eigenvalue weighted by Crippen LogP contribution is -2.37. The monoisotopic (exact) mass is 431 g/mol. The summed E-state index contributed by atoms with van der Waals surface area (Å²) < 4.78 is 27.6. The summed E-state index contributed by atoms with van der Waals surface area (Å²) in [4.78, 5) is 11.2. The summed E-state index contributed by atoms with van der Waals surface area (Å²) >= 11 is 7.75. The average Bonchev–Trinajstić information content (AvgIpc) is 2.82. The van der Waals surface area contributed by atoms with Crippen molar-refractivity contribution in [2.75, 3.05) is 6.54 Å². The zero-order valence-corrected chi connectivity index (χ0v) is 14.6. The minimum Gasteiger partial charge on any atom is -0.481 e. The topological polar surface area (TPSA) is 74.7 Å². The first-order valence-corrected chi connectivity index (χ1v) is 9.29. The lowest BCUT2D eigenvalue weighted by atomic mass is 10.0. The first-order chi connectivity index (χ1) is 8.75. The van der Waals surface area contributed by atoms with Crippen LogP contribution in [0.25, 0.3) is 0 Å². The molecule has 2 heterocycles. The summed E-state index contributed by atoms with van der Waals surface area (Å²) in [6, 6.07) is 0.998. The SMILES string of the molecule is CC1C(C(=O)O)CCN1S(=O)(=O)c1cc(Br)sc1Br. The Balaban J connectivity index is 2.37. The molecule has 0 bridgehead atoms. The molecule has 1 fully saturated rings. The third-order valence-corrected chi connectivity index (χ3v) is 7.97. The molecule has 0 spiro atoms. The van der Waals surface area contributed by atoms with Crippen molar-refractivity contribution in [3.05, 3.63) is 13.6 Å². The van der Waals surface area contributed by atoms with Crippen molar-refractivity contribution < 1.29 is 18.3 Å². The number of hydrogen-bond acceptors (Lipinski definition) is 4. The molecule has 0 saturated carbocycles. The lowest BCUT2D eigenvalue weighted by molar-refractivity contribution is -0.142. The molecule has 1 saturated heterocycles. The summed E-state index contributed by atoms with van der Waals surface area (Å²) in [6.45, 7) is 1.87. The van der Waals surface area contributed by atoms with Crippen molar-refractivity contribution >= 4 is 59.2 Å². The van der Waals surface area contributed by atoms with Gasteiger partial charge in [0.2, 0.25) is 10.0 Å². The zero-order chi connectivity index (χ0) is 14.4. The third-order valence-electron chi connectivity index (χ3n) is 3.23. The van der Waals surface area contributed by atoms with Gasteiger partial charge in [-0.2, -0.15) is 4.31 Å². The van der Waals surface area contributed by atoms with E-state index in [-0.39, 0.29) is 11.4 Å². The van der Waals surface area contributed by atoms with E-state index in [1.165, 1.54) is 21.7 Å². The third kappa shape index (κ3) is 2.76. The highest BCUT2D eigenvalue weighted by Gasteiger charge is 2.43. The number of thiophene rings is 1. The van der Waals surface area contributed by atoms with Crippen molar-refractivity contribution in [2.24, 2.45) is 5.92 Å². The van der Waals surface area contributed by atoms with Crippen LogP contribution in [0.2, 0.25) is 0 Å². The minimum absolute atomic E-state index is 0.183. The van der Waals surface area contributed by atoms with E-state index in [0.29, 0.717) is 14.0 Å². The predicted molar refractivity (Wildman–Crippen MR) is 78.8 cm³/mol. The smallest absolute Gasteiger partial charge is 0.308 e. The molecule has 2 unspecified atom stereocenters. The highest BCUT2D eigenvalue weighted by Crippen LogP contribution is 2.39. The molecular formula is C10H11Br2NO4S2. The molecular weight excluding hydrogens is 422 g/mol. The van der Waals surface area contributed by atoms with Gasteiger partial charge in [0.1, 0.15) is 4.90 Å². The number of nitrogens with zero attached hydrogens (tertiary/aromatic N) is 1. The highest BCUT2D eigenvalue weighted by molar-refractivity contribution is 9.12. The Morgan fingerprint density at radius 3 is 2.58 bits per heavy atom. The quantitative estimate of drug-likeness (QED) is 0.796. The van der Waals surface area contributed by atoms with Gasteiger partial charge in [-0.25, -0.2) is 8.42 Å². The maximum absolute atomic E-state index is 12.5. The minimum atomic E-state index is -3.66. The first kappa shape index (κ1) is 15.4. The van der Waals surface area contributed by atoms with Crippen LogP contribution in [0.15, 0.2) is 18.5 Å². The normalized spacial score (nSPS) is 24.8. The van der Waals surface area contributed by atoms with Gasteiger partial charge in [-0.05, 0) is 51.3 Å². The number of rotatable bonds is 3. The molecule has 1 aromatic rings. The van der Waals surface area contributed by atoms with E-state index in [1.807, 2.05) is 0 Å². The number of halogens is 2. The van der Waals surface area contributed by atoms with Crippen LogP contribution < -0.4 is 0 Å². The van der Waals surface area contributed by atoms with Crippen molar-refractivity contribution in [1.82, 2.24) is 4.31 Å². The van der Waals surface area contributed by atoms with E-state index in [2.05, 4.69) is 31.9 Å². The van der Waals surface area contributed by atoms with Crippen LogP contribution >= 0.6 is 43.2 Å². The van der Waals surface area contributed by atoms with Crippen LogP contribution in [0.5, 0.6) is 0 Å². The number of carbonyl (C=O) groups is 1. The molecule has 0 aromatic carbocycles. The van der Waals surface area contributed by atoms with Gasteiger partial charge in [-0.3, -0.25) is 4.79 Å². The Morgan fingerprint density at radius 2 is 2.16 bits per heavy atom. The second-order valence-corrected chi connectivity index (χ2v) is 9.89. The zero-order valence-electron chi connectivity index (χ0n) is 9.84. The number of carboxylic acid groups (broad SMARTS) is 1. The van der Waals surface area contributed by atoms with E-state index < -0.39 is 28.0 Å². The maximum Gasteiger partial charge on any atom is 0.308 e. The van der Waals surface area contributed by atoms with Gasteiger partial charge < -0.3 is 5.11 Å². The largest absolute Gasteiger partial charge is 0.481 e. The van der Waals surface area contributed by atoms with E-state index in [0.717, 1.165) is 0 Å². The van der Waals surface area contributed by atoms with E-state index in [9.17, 15) is 13.2 Å². The maximum atomic E-state index is 12.5. The molecule has 1 aliphatic heterocycles. The molecule has 2 rings (SSSR count). The van der Waals surface area contributed by atoms with Gasteiger partial charge in [0.25, 0.3) is 0 Å². The molecule has 106 valence electrons. The lowest BCUT2D eigenvalue weighted by Gasteiger charge is -2.22. The van der Waals surface area contributed by atoms with Crippen LogP contribution in [0.1, 0.15) is 13.3 Å². The average molecular weight is 433 g/mol. The summed E-state index contributed by atoms with van der Waals surface area (Å²) in [5.74, 6) is -1.59. The Morgan fingerprint density at radius 1 is 1.53 bits per heavy atom. The summed E-state index contributed by atoms with van der Waals surface area (Å²) in [7, 11) is -3.66.